The molecular weight excluding hydrogens is 140 g/mol. The Labute approximate surface area is 64.2 Å². The Balaban J connectivity index is 2.76. The minimum Gasteiger partial charge on any atom is -0.417 e. The monoisotopic (exact) mass is 148 g/mol. The molecular formula is C8H8N2O. The van der Waals surface area contributed by atoms with Crippen LogP contribution in [0.5, 0.6) is 0 Å². The molecule has 0 aliphatic heterocycles. The lowest BCUT2D eigenvalue weighted by Crippen LogP contribution is -2.02. The van der Waals surface area contributed by atoms with E-state index in [9.17, 15) is 0 Å². The van der Waals surface area contributed by atoms with Gasteiger partial charge in [0.1, 0.15) is 12.6 Å². The van der Waals surface area contributed by atoms with Crippen LogP contribution in [0.2, 0.25) is 0 Å². The zero-order chi connectivity index (χ0) is 7.68. The van der Waals surface area contributed by atoms with Crippen LogP contribution >= 0.6 is 0 Å². The van der Waals surface area contributed by atoms with E-state index in [1.807, 2.05) is 24.4 Å². The van der Waals surface area contributed by atoms with Gasteiger partial charge < -0.3 is 4.84 Å². The van der Waals surface area contributed by atoms with Crippen LogP contribution in [0.4, 0.5) is 0 Å². The van der Waals surface area contributed by atoms with Crippen molar-refractivity contribution in [2.75, 3.05) is 7.11 Å². The van der Waals surface area contributed by atoms with E-state index in [0.29, 0.717) is 0 Å². The topological polar surface area (TPSA) is 27.1 Å². The van der Waals surface area contributed by atoms with Gasteiger partial charge in [0.15, 0.2) is 0 Å². The Hall–Kier alpha value is -1.51. The van der Waals surface area contributed by atoms with Gasteiger partial charge in [-0.3, -0.25) is 4.98 Å². The van der Waals surface area contributed by atoms with E-state index in [0.717, 1.165) is 11.0 Å². The van der Waals surface area contributed by atoms with E-state index in [1.165, 1.54) is 0 Å². The van der Waals surface area contributed by atoms with Gasteiger partial charge in [-0.05, 0) is 18.2 Å². The van der Waals surface area contributed by atoms with Gasteiger partial charge in [0.2, 0.25) is 0 Å². The molecule has 0 radical (unpaired) electrons. The summed E-state index contributed by atoms with van der Waals surface area (Å²) < 4.78 is 1.68. The predicted molar refractivity (Wildman–Crippen MR) is 42.2 cm³/mol. The summed E-state index contributed by atoms with van der Waals surface area (Å²) in [5.74, 6) is 0. The van der Waals surface area contributed by atoms with Crippen LogP contribution in [0, 0.1) is 0 Å². The molecule has 0 atom stereocenters. The number of nitrogens with zero attached hydrogens (tertiary/aromatic N) is 2. The second kappa shape index (κ2) is 2.27. The van der Waals surface area contributed by atoms with Gasteiger partial charge in [0.25, 0.3) is 0 Å². The molecule has 0 saturated heterocycles. The molecule has 3 nitrogen and oxygen atoms in total. The predicted octanol–water partition coefficient (Wildman–Crippen LogP) is 1.09. The van der Waals surface area contributed by atoms with Crippen molar-refractivity contribution in [3.05, 3.63) is 30.6 Å². The van der Waals surface area contributed by atoms with E-state index >= 15 is 0 Å². The Bertz CT molecular complexity index is 367. The van der Waals surface area contributed by atoms with Crippen molar-refractivity contribution in [1.29, 1.82) is 0 Å². The highest BCUT2D eigenvalue weighted by atomic mass is 16.6. The van der Waals surface area contributed by atoms with Crippen molar-refractivity contribution in [2.24, 2.45) is 0 Å². The first-order valence-electron chi connectivity index (χ1n) is 3.38. The SMILES string of the molecule is COn1ccc2ncccc21. The summed E-state index contributed by atoms with van der Waals surface area (Å²) in [6.45, 7) is 0. The second-order valence-corrected chi connectivity index (χ2v) is 2.23. The zero-order valence-electron chi connectivity index (χ0n) is 6.19. The zero-order valence-corrected chi connectivity index (χ0v) is 6.19. The van der Waals surface area contributed by atoms with E-state index < -0.39 is 0 Å². The number of hydrogen-bond donors (Lipinski definition) is 0. The summed E-state index contributed by atoms with van der Waals surface area (Å²) in [5, 5.41) is 0. The number of hydrogen-bond acceptors (Lipinski definition) is 2. The Morgan fingerprint density at radius 3 is 3.18 bits per heavy atom. The quantitative estimate of drug-likeness (QED) is 0.605. The largest absolute Gasteiger partial charge is 0.417 e. The third kappa shape index (κ3) is 0.852. The van der Waals surface area contributed by atoms with E-state index in [-0.39, 0.29) is 0 Å². The molecule has 2 rings (SSSR count). The van der Waals surface area contributed by atoms with E-state index in [4.69, 9.17) is 4.84 Å². The number of pyridine rings is 1. The smallest absolute Gasteiger partial charge is 0.105 e. The van der Waals surface area contributed by atoms with Crippen LogP contribution in [-0.2, 0) is 0 Å². The van der Waals surface area contributed by atoms with Gasteiger partial charge in [-0.1, -0.05) is 0 Å². The van der Waals surface area contributed by atoms with Crippen LogP contribution in [0.25, 0.3) is 11.0 Å². The van der Waals surface area contributed by atoms with Gasteiger partial charge in [-0.15, -0.1) is 0 Å². The van der Waals surface area contributed by atoms with Crippen molar-refractivity contribution in [3.63, 3.8) is 0 Å². The average molecular weight is 148 g/mol. The highest BCUT2D eigenvalue weighted by molar-refractivity contribution is 5.74. The Morgan fingerprint density at radius 1 is 1.45 bits per heavy atom. The maximum atomic E-state index is 5.04. The number of aromatic nitrogens is 2. The summed E-state index contributed by atoms with van der Waals surface area (Å²) in [7, 11) is 1.63. The fraction of sp³-hybridized carbons (Fsp3) is 0.125. The lowest BCUT2D eigenvalue weighted by molar-refractivity contribution is 0.179. The summed E-state index contributed by atoms with van der Waals surface area (Å²) >= 11 is 0. The van der Waals surface area contributed by atoms with Crippen LogP contribution in [0.3, 0.4) is 0 Å². The minimum absolute atomic E-state index is 0.953. The lowest BCUT2D eigenvalue weighted by atomic mass is 10.4. The average Bonchev–Trinajstić information content (AvgIpc) is 2.47. The van der Waals surface area contributed by atoms with Gasteiger partial charge in [-0.25, -0.2) is 0 Å². The van der Waals surface area contributed by atoms with Crippen molar-refractivity contribution < 1.29 is 4.84 Å². The van der Waals surface area contributed by atoms with Crippen molar-refractivity contribution >= 4 is 11.0 Å². The number of fused-ring (bicyclic) bond motifs is 1. The summed E-state index contributed by atoms with van der Waals surface area (Å²) in [6.07, 6.45) is 3.61. The van der Waals surface area contributed by atoms with E-state index in [2.05, 4.69) is 4.98 Å². The fourth-order valence-corrected chi connectivity index (χ4v) is 1.10. The molecule has 11 heavy (non-hydrogen) atoms. The molecule has 0 aliphatic rings. The first kappa shape index (κ1) is 6.22. The molecule has 3 heteroatoms. The maximum Gasteiger partial charge on any atom is 0.105 e. The molecule has 0 bridgehead atoms. The van der Waals surface area contributed by atoms with Crippen LogP contribution in [0.15, 0.2) is 30.6 Å². The van der Waals surface area contributed by atoms with Crippen LogP contribution in [0.1, 0.15) is 0 Å². The van der Waals surface area contributed by atoms with Crippen molar-refractivity contribution in [1.82, 2.24) is 9.71 Å². The third-order valence-corrected chi connectivity index (χ3v) is 1.62. The molecule has 2 aromatic rings. The van der Waals surface area contributed by atoms with Gasteiger partial charge in [0.05, 0.1) is 5.52 Å². The standard InChI is InChI=1S/C8H8N2O/c1-11-10-6-4-7-8(10)3-2-5-9-7/h2-6H,1H3. The molecule has 2 heterocycles. The Kier molecular flexibility index (Phi) is 1.28. The first-order chi connectivity index (χ1) is 5.42. The van der Waals surface area contributed by atoms with E-state index in [1.54, 1.807) is 18.0 Å². The molecule has 56 valence electrons. The molecule has 0 amide bonds. The molecule has 0 unspecified atom stereocenters. The first-order valence-corrected chi connectivity index (χ1v) is 3.38. The van der Waals surface area contributed by atoms with Crippen LogP contribution < -0.4 is 4.84 Å². The maximum absolute atomic E-state index is 5.04. The van der Waals surface area contributed by atoms with Crippen molar-refractivity contribution in [2.45, 2.75) is 0 Å². The fourth-order valence-electron chi connectivity index (χ4n) is 1.10. The summed E-state index contributed by atoms with van der Waals surface area (Å²) in [4.78, 5) is 9.19. The van der Waals surface area contributed by atoms with Gasteiger partial charge in [-0.2, -0.15) is 4.73 Å². The number of rotatable bonds is 1. The van der Waals surface area contributed by atoms with Gasteiger partial charge >= 0.3 is 0 Å². The molecule has 2 aromatic heterocycles. The summed E-state index contributed by atoms with van der Waals surface area (Å²) in [5.41, 5.74) is 1.95. The molecule has 0 fully saturated rings. The minimum atomic E-state index is 0.953. The lowest BCUT2D eigenvalue weighted by Gasteiger charge is -1.99. The molecule has 0 spiro atoms. The molecule has 0 saturated carbocycles. The van der Waals surface area contributed by atoms with Crippen LogP contribution in [-0.4, -0.2) is 16.8 Å². The van der Waals surface area contributed by atoms with Crippen molar-refractivity contribution in [3.8, 4) is 0 Å². The normalized spacial score (nSPS) is 10.3. The molecule has 0 N–H and O–H groups in total. The second-order valence-electron chi connectivity index (χ2n) is 2.23. The molecule has 0 aromatic carbocycles. The summed E-state index contributed by atoms with van der Waals surface area (Å²) in [6, 6.07) is 5.77. The Morgan fingerprint density at radius 2 is 2.36 bits per heavy atom. The van der Waals surface area contributed by atoms with Gasteiger partial charge in [0, 0.05) is 12.4 Å². The highest BCUT2D eigenvalue weighted by Gasteiger charge is 1.97. The third-order valence-electron chi connectivity index (χ3n) is 1.62. The molecule has 0 aliphatic carbocycles. The highest BCUT2D eigenvalue weighted by Crippen LogP contribution is 2.09.